The minimum Gasteiger partial charge on any atom is -0.496 e. The van der Waals surface area contributed by atoms with E-state index in [1.54, 1.807) is 14.0 Å². The van der Waals surface area contributed by atoms with Gasteiger partial charge in [-0.2, -0.15) is 26.3 Å². The molecule has 1 aliphatic carbocycles. The number of carbonyl (C=O) groups excluding carboxylic acids is 1. The highest BCUT2D eigenvalue weighted by Gasteiger charge is 2.44. The van der Waals surface area contributed by atoms with Gasteiger partial charge in [0, 0.05) is 31.7 Å². The lowest BCUT2D eigenvalue weighted by atomic mass is 9.72. The third-order valence-electron chi connectivity index (χ3n) is 9.07. The lowest BCUT2D eigenvalue weighted by Crippen LogP contribution is -2.35. The molecule has 3 aliphatic rings. The van der Waals surface area contributed by atoms with Crippen LogP contribution in [0.3, 0.4) is 0 Å². The first kappa shape index (κ1) is 33.1. The van der Waals surface area contributed by atoms with Crippen LogP contribution < -0.4 is 4.74 Å². The second-order valence-electron chi connectivity index (χ2n) is 13.1. The first-order valence-corrected chi connectivity index (χ1v) is 15.0. The van der Waals surface area contributed by atoms with Crippen LogP contribution in [-0.2, 0) is 23.6 Å². The second-order valence-corrected chi connectivity index (χ2v) is 13.1. The fourth-order valence-electron chi connectivity index (χ4n) is 6.67. The number of rotatable bonds is 7. The number of hydrogen-bond donors (Lipinski definition) is 0. The molecule has 2 aliphatic heterocycles. The topological polar surface area (TPSA) is 42.0 Å². The predicted molar refractivity (Wildman–Crippen MR) is 154 cm³/mol. The average molecular weight is 643 g/mol. The number of cyclic esters (lactones) is 1. The van der Waals surface area contributed by atoms with E-state index in [0.717, 1.165) is 28.7 Å². The molecule has 5 rings (SSSR count). The van der Waals surface area contributed by atoms with Gasteiger partial charge in [0.05, 0.1) is 24.3 Å². The maximum atomic E-state index is 13.8. The van der Waals surface area contributed by atoms with Gasteiger partial charge in [0.15, 0.2) is 0 Å². The molecule has 1 amide bonds. The quantitative estimate of drug-likeness (QED) is 0.283. The summed E-state index contributed by atoms with van der Waals surface area (Å²) in [5, 5.41) is 0. The second kappa shape index (κ2) is 12.1. The van der Waals surface area contributed by atoms with Crippen LogP contribution in [0, 0.1) is 5.41 Å². The molecule has 0 bridgehead atoms. The van der Waals surface area contributed by atoms with Crippen molar-refractivity contribution in [3.63, 3.8) is 0 Å². The van der Waals surface area contributed by atoms with Crippen LogP contribution in [0.25, 0.3) is 5.57 Å². The van der Waals surface area contributed by atoms with E-state index < -0.39 is 47.9 Å². The smallest absolute Gasteiger partial charge is 0.416 e. The van der Waals surface area contributed by atoms with Gasteiger partial charge < -0.3 is 9.47 Å². The fourth-order valence-corrected chi connectivity index (χ4v) is 6.67. The Kier molecular flexibility index (Phi) is 8.93. The number of amides is 1. The van der Waals surface area contributed by atoms with Gasteiger partial charge in [-0.25, -0.2) is 9.18 Å². The Morgan fingerprint density at radius 1 is 1.00 bits per heavy atom. The van der Waals surface area contributed by atoms with Gasteiger partial charge in [-0.15, -0.1) is 0 Å². The van der Waals surface area contributed by atoms with Crippen molar-refractivity contribution in [1.82, 2.24) is 9.80 Å². The Labute approximate surface area is 258 Å². The van der Waals surface area contributed by atoms with Crippen molar-refractivity contribution in [2.45, 2.75) is 83.7 Å². The van der Waals surface area contributed by atoms with Crippen molar-refractivity contribution >= 4 is 11.7 Å². The van der Waals surface area contributed by atoms with E-state index in [0.29, 0.717) is 56.8 Å². The van der Waals surface area contributed by atoms with Crippen molar-refractivity contribution < 1.29 is 45.0 Å². The summed E-state index contributed by atoms with van der Waals surface area (Å²) in [5.74, 6) is 0.634. The molecule has 246 valence electrons. The normalized spacial score (nSPS) is 24.4. The van der Waals surface area contributed by atoms with Crippen LogP contribution in [0.2, 0.25) is 0 Å². The monoisotopic (exact) mass is 642 g/mol. The molecule has 12 heteroatoms. The number of likely N-dealkylation sites (tertiary alicyclic amines) is 1. The summed E-state index contributed by atoms with van der Waals surface area (Å²) in [7, 11) is 1.56. The summed E-state index contributed by atoms with van der Waals surface area (Å²) in [4.78, 5) is 16.6. The summed E-state index contributed by atoms with van der Waals surface area (Å²) in [6, 6.07) is 6.27. The number of methoxy groups -OCH3 is 1. The van der Waals surface area contributed by atoms with Crippen molar-refractivity contribution in [3.05, 3.63) is 69.8 Å². The van der Waals surface area contributed by atoms with Crippen LogP contribution >= 0.6 is 0 Å². The lowest BCUT2D eigenvalue weighted by Gasteiger charge is -2.36. The van der Waals surface area contributed by atoms with Crippen molar-refractivity contribution in [2.24, 2.45) is 5.41 Å². The van der Waals surface area contributed by atoms with Crippen molar-refractivity contribution in [1.29, 1.82) is 0 Å². The van der Waals surface area contributed by atoms with Crippen LogP contribution in [0.15, 0.2) is 42.0 Å². The number of nitrogens with zero attached hydrogens (tertiary/aromatic N) is 2. The Bertz CT molecular complexity index is 1430. The first-order valence-electron chi connectivity index (χ1n) is 15.0. The van der Waals surface area contributed by atoms with Gasteiger partial charge in [0.1, 0.15) is 18.0 Å². The van der Waals surface area contributed by atoms with Gasteiger partial charge in [0.2, 0.25) is 0 Å². The van der Waals surface area contributed by atoms with Crippen LogP contribution in [0.1, 0.15) is 80.4 Å². The number of carbonyl (C=O) groups is 1. The predicted octanol–water partition coefficient (Wildman–Crippen LogP) is 8.82. The summed E-state index contributed by atoms with van der Waals surface area (Å²) in [5.41, 5.74) is 0.300. The molecule has 5 nitrogen and oxygen atoms in total. The number of alkyl halides is 7. The number of hydrogen-bond acceptors (Lipinski definition) is 4. The summed E-state index contributed by atoms with van der Waals surface area (Å²) >= 11 is 0. The lowest BCUT2D eigenvalue weighted by molar-refractivity contribution is -0.143. The molecule has 0 spiro atoms. The molecule has 45 heavy (non-hydrogen) atoms. The van der Waals surface area contributed by atoms with E-state index in [1.165, 1.54) is 4.90 Å². The summed E-state index contributed by atoms with van der Waals surface area (Å²) < 4.78 is 106. The highest BCUT2D eigenvalue weighted by molar-refractivity contribution is 5.77. The molecule has 2 aromatic carbocycles. The van der Waals surface area contributed by atoms with Gasteiger partial charge in [-0.1, -0.05) is 19.9 Å². The molecule has 3 unspecified atom stereocenters. The Hall–Kier alpha value is -3.28. The molecule has 2 heterocycles. The van der Waals surface area contributed by atoms with Gasteiger partial charge in [-0.3, -0.25) is 9.80 Å². The van der Waals surface area contributed by atoms with E-state index in [9.17, 15) is 35.5 Å². The molecule has 0 aromatic heterocycles. The van der Waals surface area contributed by atoms with Crippen LogP contribution in [0.4, 0.5) is 35.5 Å². The molecular formula is C33H37F7N2O3. The zero-order valence-electron chi connectivity index (χ0n) is 25.6. The highest BCUT2D eigenvalue weighted by atomic mass is 19.4. The largest absolute Gasteiger partial charge is 0.496 e. The number of halogens is 7. The molecule has 0 radical (unpaired) electrons. The zero-order chi connectivity index (χ0) is 32.9. The number of benzene rings is 2. The number of ether oxygens (including phenoxy) is 2. The SMILES string of the molecule is COc1ccc(CN2CCC(F)C2)cc1C1=C(CN2C(=O)OC(c3cc(C(F)(F)F)cc(C(F)(F)F)c3)C2C)CC(C)(C)CC1. The molecule has 2 aromatic rings. The van der Waals surface area contributed by atoms with E-state index in [4.69, 9.17) is 9.47 Å². The Balaban J connectivity index is 1.49. The Morgan fingerprint density at radius 3 is 2.24 bits per heavy atom. The molecule has 2 fully saturated rings. The van der Waals surface area contributed by atoms with Gasteiger partial charge in [-0.05, 0) is 90.6 Å². The maximum Gasteiger partial charge on any atom is 0.416 e. The minimum atomic E-state index is -5.02. The summed E-state index contributed by atoms with van der Waals surface area (Å²) in [6.07, 6.45) is -10.4. The van der Waals surface area contributed by atoms with E-state index in [1.807, 2.05) is 18.2 Å². The maximum absolute atomic E-state index is 13.8. The third kappa shape index (κ3) is 7.26. The fraction of sp³-hybridized carbons (Fsp3) is 0.545. The van der Waals surface area contributed by atoms with E-state index in [2.05, 4.69) is 18.7 Å². The Morgan fingerprint density at radius 2 is 1.67 bits per heavy atom. The molecule has 0 N–H and O–H groups in total. The summed E-state index contributed by atoms with van der Waals surface area (Å²) in [6.45, 7) is 7.46. The highest BCUT2D eigenvalue weighted by Crippen LogP contribution is 2.47. The average Bonchev–Trinajstić information content (AvgIpc) is 3.48. The minimum absolute atomic E-state index is 0.0606. The van der Waals surface area contributed by atoms with Crippen molar-refractivity contribution in [2.75, 3.05) is 26.7 Å². The molecule has 0 saturated carbocycles. The third-order valence-corrected chi connectivity index (χ3v) is 9.07. The first-order chi connectivity index (χ1) is 20.9. The molecule has 2 saturated heterocycles. The van der Waals surface area contributed by atoms with Gasteiger partial charge in [0.25, 0.3) is 0 Å². The van der Waals surface area contributed by atoms with E-state index in [-0.39, 0.29) is 23.6 Å². The van der Waals surface area contributed by atoms with Gasteiger partial charge >= 0.3 is 18.4 Å². The molecule has 3 atom stereocenters. The van der Waals surface area contributed by atoms with Crippen molar-refractivity contribution in [3.8, 4) is 5.75 Å². The van der Waals surface area contributed by atoms with E-state index >= 15 is 0 Å². The standard InChI is InChI=1S/C33H37F7N2O3/c1-19-29(21-12-23(32(35,36)37)14-24(13-21)33(38,39)40)45-30(43)42(19)17-22-15-31(2,3)9-7-26(22)27-11-20(5-6-28(27)44-4)16-41-10-8-25(34)18-41/h5-6,11-14,19,25,29H,7-10,15-18H2,1-4H3. The zero-order valence-corrected chi connectivity index (χ0v) is 25.6. The number of allylic oxidation sites excluding steroid dienone is 1. The van der Waals surface area contributed by atoms with Crippen LogP contribution in [0.5, 0.6) is 5.75 Å². The molecular weight excluding hydrogens is 605 g/mol. The van der Waals surface area contributed by atoms with Crippen LogP contribution in [-0.4, -0.2) is 54.9 Å².